The van der Waals surface area contributed by atoms with Gasteiger partial charge in [0.2, 0.25) is 16.9 Å². The molecule has 138 valence electrons. The fraction of sp³-hybridized carbons (Fsp3) is 0.412. The summed E-state index contributed by atoms with van der Waals surface area (Å²) < 4.78 is 5.55. The SMILES string of the molecule is Cc1ccc(NC(=O)CSCC(=O)Nc2nnc(C3CCCO3)s2)cc1. The van der Waals surface area contributed by atoms with Gasteiger partial charge in [0.15, 0.2) is 0 Å². The van der Waals surface area contributed by atoms with Gasteiger partial charge >= 0.3 is 0 Å². The lowest BCUT2D eigenvalue weighted by molar-refractivity contribution is -0.114. The summed E-state index contributed by atoms with van der Waals surface area (Å²) in [6.45, 7) is 2.73. The van der Waals surface area contributed by atoms with Crippen LogP contribution in [-0.2, 0) is 14.3 Å². The zero-order valence-corrected chi connectivity index (χ0v) is 16.0. The number of carbonyl (C=O) groups is 2. The van der Waals surface area contributed by atoms with Crippen molar-refractivity contribution in [3.05, 3.63) is 34.8 Å². The molecule has 0 aliphatic carbocycles. The number of hydrogen-bond donors (Lipinski definition) is 2. The minimum atomic E-state index is -0.201. The lowest BCUT2D eigenvalue weighted by atomic mass is 10.2. The molecule has 1 atom stereocenters. The molecular formula is C17H20N4O3S2. The first-order chi connectivity index (χ1) is 12.6. The summed E-state index contributed by atoms with van der Waals surface area (Å²) in [5.74, 6) is 0.0470. The smallest absolute Gasteiger partial charge is 0.236 e. The second-order valence-electron chi connectivity index (χ2n) is 5.90. The van der Waals surface area contributed by atoms with Gasteiger partial charge in [0, 0.05) is 12.3 Å². The van der Waals surface area contributed by atoms with E-state index < -0.39 is 0 Å². The van der Waals surface area contributed by atoms with E-state index in [0.29, 0.717) is 5.13 Å². The Morgan fingerprint density at radius 1 is 1.19 bits per heavy atom. The number of thioether (sulfide) groups is 1. The van der Waals surface area contributed by atoms with Crippen LogP contribution in [0.2, 0.25) is 0 Å². The summed E-state index contributed by atoms with van der Waals surface area (Å²) in [6, 6.07) is 7.57. The first kappa shape index (κ1) is 18.8. The van der Waals surface area contributed by atoms with Gasteiger partial charge in [0.05, 0.1) is 11.5 Å². The summed E-state index contributed by atoms with van der Waals surface area (Å²) in [5, 5.41) is 14.8. The van der Waals surface area contributed by atoms with E-state index in [1.54, 1.807) is 0 Å². The van der Waals surface area contributed by atoms with Crippen molar-refractivity contribution in [3.63, 3.8) is 0 Å². The number of amides is 2. The Morgan fingerprint density at radius 3 is 2.62 bits per heavy atom. The quantitative estimate of drug-likeness (QED) is 0.752. The number of rotatable bonds is 7. The maximum atomic E-state index is 12.0. The summed E-state index contributed by atoms with van der Waals surface area (Å²) in [5.41, 5.74) is 1.88. The summed E-state index contributed by atoms with van der Waals surface area (Å²) in [7, 11) is 0. The van der Waals surface area contributed by atoms with Gasteiger partial charge in [-0.1, -0.05) is 29.0 Å². The first-order valence-electron chi connectivity index (χ1n) is 8.29. The van der Waals surface area contributed by atoms with Crippen molar-refractivity contribution in [2.45, 2.75) is 25.9 Å². The van der Waals surface area contributed by atoms with Gasteiger partial charge in [0.25, 0.3) is 0 Å². The van der Waals surface area contributed by atoms with Crippen LogP contribution in [0.1, 0.15) is 29.5 Å². The highest BCUT2D eigenvalue weighted by molar-refractivity contribution is 8.00. The molecule has 26 heavy (non-hydrogen) atoms. The number of benzene rings is 1. The van der Waals surface area contributed by atoms with E-state index in [1.807, 2.05) is 31.2 Å². The fourth-order valence-electron chi connectivity index (χ4n) is 2.41. The number of carbonyl (C=O) groups excluding carboxylic acids is 2. The molecule has 0 radical (unpaired) electrons. The van der Waals surface area contributed by atoms with Gasteiger partial charge < -0.3 is 10.1 Å². The predicted molar refractivity (Wildman–Crippen MR) is 104 cm³/mol. The lowest BCUT2D eigenvalue weighted by Crippen LogP contribution is -2.18. The minimum absolute atomic E-state index is 0.00185. The highest BCUT2D eigenvalue weighted by Gasteiger charge is 2.22. The van der Waals surface area contributed by atoms with Gasteiger partial charge in [-0.3, -0.25) is 14.9 Å². The van der Waals surface area contributed by atoms with Crippen molar-refractivity contribution in [2.75, 3.05) is 28.7 Å². The second kappa shape index (κ2) is 9.11. The molecule has 0 spiro atoms. The third-order valence-electron chi connectivity index (χ3n) is 3.69. The number of aryl methyl sites for hydroxylation is 1. The lowest BCUT2D eigenvalue weighted by Gasteiger charge is -2.05. The molecular weight excluding hydrogens is 372 g/mol. The molecule has 2 aromatic rings. The van der Waals surface area contributed by atoms with Crippen molar-refractivity contribution in [1.29, 1.82) is 0 Å². The third-order valence-corrected chi connectivity index (χ3v) is 5.56. The Morgan fingerprint density at radius 2 is 1.92 bits per heavy atom. The van der Waals surface area contributed by atoms with Crippen molar-refractivity contribution in [1.82, 2.24) is 10.2 Å². The average Bonchev–Trinajstić information content (AvgIpc) is 3.28. The van der Waals surface area contributed by atoms with Crippen LogP contribution in [0.3, 0.4) is 0 Å². The molecule has 0 bridgehead atoms. The summed E-state index contributed by atoms with van der Waals surface area (Å²) in [4.78, 5) is 23.9. The van der Waals surface area contributed by atoms with E-state index in [1.165, 1.54) is 23.1 Å². The Balaban J connectivity index is 1.37. The molecule has 0 saturated carbocycles. The van der Waals surface area contributed by atoms with E-state index in [4.69, 9.17) is 4.74 Å². The molecule has 2 N–H and O–H groups in total. The molecule has 2 heterocycles. The molecule has 1 fully saturated rings. The molecule has 1 saturated heterocycles. The van der Waals surface area contributed by atoms with Crippen LogP contribution in [0, 0.1) is 6.92 Å². The normalized spacial score (nSPS) is 16.4. The highest BCUT2D eigenvalue weighted by Crippen LogP contribution is 2.31. The molecule has 7 nitrogen and oxygen atoms in total. The van der Waals surface area contributed by atoms with E-state index in [0.717, 1.165) is 35.7 Å². The zero-order chi connectivity index (χ0) is 18.4. The van der Waals surface area contributed by atoms with Crippen LogP contribution >= 0.6 is 23.1 Å². The summed E-state index contributed by atoms with van der Waals surface area (Å²) >= 11 is 2.58. The maximum Gasteiger partial charge on any atom is 0.236 e. The number of hydrogen-bond acceptors (Lipinski definition) is 7. The van der Waals surface area contributed by atoms with E-state index in [-0.39, 0.29) is 29.4 Å². The number of nitrogens with one attached hydrogen (secondary N) is 2. The number of ether oxygens (including phenoxy) is 1. The molecule has 1 aromatic carbocycles. The largest absolute Gasteiger partial charge is 0.371 e. The van der Waals surface area contributed by atoms with Crippen LogP contribution in [0.25, 0.3) is 0 Å². The van der Waals surface area contributed by atoms with Gasteiger partial charge in [-0.05, 0) is 31.9 Å². The molecule has 1 aromatic heterocycles. The maximum absolute atomic E-state index is 12.0. The molecule has 9 heteroatoms. The van der Waals surface area contributed by atoms with Crippen LogP contribution in [0.5, 0.6) is 0 Å². The summed E-state index contributed by atoms with van der Waals surface area (Å²) in [6.07, 6.45) is 1.96. The molecule has 2 amide bonds. The van der Waals surface area contributed by atoms with Gasteiger partial charge in [0.1, 0.15) is 11.1 Å². The topological polar surface area (TPSA) is 93.2 Å². The van der Waals surface area contributed by atoms with E-state index in [9.17, 15) is 9.59 Å². The average molecular weight is 393 g/mol. The van der Waals surface area contributed by atoms with Crippen LogP contribution in [0.15, 0.2) is 24.3 Å². The standard InChI is InChI=1S/C17H20N4O3S2/c1-11-4-6-12(7-5-11)18-14(22)9-25-10-15(23)19-17-21-20-16(26-17)13-3-2-8-24-13/h4-7,13H,2-3,8-10H2,1H3,(H,18,22)(H,19,21,23). The zero-order valence-electron chi connectivity index (χ0n) is 14.4. The van der Waals surface area contributed by atoms with Gasteiger partial charge in [-0.25, -0.2) is 0 Å². The van der Waals surface area contributed by atoms with Crippen molar-refractivity contribution < 1.29 is 14.3 Å². The van der Waals surface area contributed by atoms with Crippen molar-refractivity contribution in [3.8, 4) is 0 Å². The predicted octanol–water partition coefficient (Wildman–Crippen LogP) is 3.01. The highest BCUT2D eigenvalue weighted by atomic mass is 32.2. The number of aromatic nitrogens is 2. The number of anilines is 2. The molecule has 1 aliphatic rings. The Bertz CT molecular complexity index is 758. The van der Waals surface area contributed by atoms with Crippen molar-refractivity contribution in [2.24, 2.45) is 0 Å². The van der Waals surface area contributed by atoms with E-state index in [2.05, 4.69) is 20.8 Å². The van der Waals surface area contributed by atoms with Gasteiger partial charge in [-0.15, -0.1) is 22.0 Å². The van der Waals surface area contributed by atoms with Gasteiger partial charge in [-0.2, -0.15) is 0 Å². The monoisotopic (exact) mass is 392 g/mol. The molecule has 1 aliphatic heterocycles. The minimum Gasteiger partial charge on any atom is -0.371 e. The molecule has 1 unspecified atom stereocenters. The fourth-order valence-corrected chi connectivity index (χ4v) is 3.87. The van der Waals surface area contributed by atoms with Crippen molar-refractivity contribution >= 4 is 45.7 Å². The van der Waals surface area contributed by atoms with Crippen LogP contribution in [0.4, 0.5) is 10.8 Å². The first-order valence-corrected chi connectivity index (χ1v) is 10.3. The molecule has 3 rings (SSSR count). The van der Waals surface area contributed by atoms with E-state index >= 15 is 0 Å². The third kappa shape index (κ3) is 5.52. The Labute approximate surface area is 159 Å². The van der Waals surface area contributed by atoms with Crippen LogP contribution in [-0.4, -0.2) is 40.1 Å². The Kier molecular flexibility index (Phi) is 6.59. The Hall–Kier alpha value is -1.97. The second-order valence-corrected chi connectivity index (χ2v) is 7.90. The van der Waals surface area contributed by atoms with Crippen LogP contribution < -0.4 is 10.6 Å². The number of nitrogens with zero attached hydrogens (tertiary/aromatic N) is 2.